The number of hydrogen-bond donors (Lipinski definition) is 1. The predicted molar refractivity (Wildman–Crippen MR) is 121 cm³/mol. The molecule has 3 aromatic rings. The van der Waals surface area contributed by atoms with Gasteiger partial charge >= 0.3 is 0 Å². The Morgan fingerprint density at radius 2 is 1.97 bits per heavy atom. The van der Waals surface area contributed by atoms with Crippen molar-refractivity contribution >= 4 is 34.3 Å². The lowest BCUT2D eigenvalue weighted by Crippen LogP contribution is -2.23. The van der Waals surface area contributed by atoms with Crippen LogP contribution in [0.1, 0.15) is 31.7 Å². The summed E-state index contributed by atoms with van der Waals surface area (Å²) in [5.74, 6) is 0.518. The molecule has 1 aromatic heterocycles. The molecule has 0 aliphatic rings. The van der Waals surface area contributed by atoms with Gasteiger partial charge in [-0.15, -0.1) is 6.58 Å². The average molecular weight is 408 g/mol. The maximum absolute atomic E-state index is 12.7. The van der Waals surface area contributed by atoms with E-state index in [2.05, 4.69) is 30.7 Å². The zero-order chi connectivity index (χ0) is 20.8. The van der Waals surface area contributed by atoms with Gasteiger partial charge in [-0.25, -0.2) is 4.98 Å². The number of nitrogens with zero attached hydrogens (tertiary/aromatic N) is 2. The third-order valence-corrected chi connectivity index (χ3v) is 5.82. The zero-order valence-electron chi connectivity index (χ0n) is 16.7. The number of nitrogens with one attached hydrogen (secondary N) is 1. The van der Waals surface area contributed by atoms with Gasteiger partial charge in [-0.3, -0.25) is 14.2 Å². The van der Waals surface area contributed by atoms with Crippen molar-refractivity contribution in [3.63, 3.8) is 0 Å². The van der Waals surface area contributed by atoms with Crippen molar-refractivity contribution < 1.29 is 4.79 Å². The van der Waals surface area contributed by atoms with Crippen LogP contribution in [0.15, 0.2) is 71.1 Å². The Morgan fingerprint density at radius 1 is 1.24 bits per heavy atom. The summed E-state index contributed by atoms with van der Waals surface area (Å²) in [5, 5.41) is 3.97. The van der Waals surface area contributed by atoms with E-state index in [4.69, 9.17) is 0 Å². The predicted octanol–water partition coefficient (Wildman–Crippen LogP) is 4.83. The first-order valence-electron chi connectivity index (χ1n) is 9.66. The van der Waals surface area contributed by atoms with Gasteiger partial charge in [0.25, 0.3) is 5.56 Å². The van der Waals surface area contributed by atoms with Crippen molar-refractivity contribution in [2.24, 2.45) is 0 Å². The molecule has 0 spiro atoms. The molecule has 0 bridgehead atoms. The van der Waals surface area contributed by atoms with Crippen LogP contribution in [0, 0.1) is 0 Å². The Hall–Kier alpha value is -2.86. The summed E-state index contributed by atoms with van der Waals surface area (Å²) in [4.78, 5) is 29.7. The second-order valence-electron chi connectivity index (χ2n) is 6.88. The Kier molecular flexibility index (Phi) is 6.88. The Balaban J connectivity index is 1.72. The molecule has 1 amide bonds. The van der Waals surface area contributed by atoms with Crippen LogP contribution in [0.3, 0.4) is 0 Å². The van der Waals surface area contributed by atoms with Gasteiger partial charge in [-0.05, 0) is 42.2 Å². The highest BCUT2D eigenvalue weighted by atomic mass is 32.2. The van der Waals surface area contributed by atoms with E-state index < -0.39 is 0 Å². The number of carbonyl (C=O) groups excluding carboxylic acids is 1. The summed E-state index contributed by atoms with van der Waals surface area (Å²) in [6, 6.07) is 15.2. The van der Waals surface area contributed by atoms with E-state index >= 15 is 0 Å². The van der Waals surface area contributed by atoms with Crippen LogP contribution in [0.25, 0.3) is 10.9 Å². The molecule has 0 aliphatic carbocycles. The number of amides is 1. The van der Waals surface area contributed by atoms with Gasteiger partial charge in [0.2, 0.25) is 5.91 Å². The summed E-state index contributed by atoms with van der Waals surface area (Å²) < 4.78 is 1.55. The van der Waals surface area contributed by atoms with Gasteiger partial charge in [0.1, 0.15) is 0 Å². The fourth-order valence-corrected chi connectivity index (χ4v) is 3.81. The lowest BCUT2D eigenvalue weighted by Gasteiger charge is -2.12. The minimum Gasteiger partial charge on any atom is -0.325 e. The van der Waals surface area contributed by atoms with Crippen molar-refractivity contribution in [3.05, 3.63) is 77.1 Å². The number of hydrogen-bond acceptors (Lipinski definition) is 4. The van der Waals surface area contributed by atoms with Gasteiger partial charge in [-0.2, -0.15) is 0 Å². The fourth-order valence-electron chi connectivity index (χ4n) is 3.01. The van der Waals surface area contributed by atoms with Crippen molar-refractivity contribution in [3.8, 4) is 0 Å². The summed E-state index contributed by atoms with van der Waals surface area (Å²) >= 11 is 1.25. The molecule has 6 heteroatoms. The summed E-state index contributed by atoms with van der Waals surface area (Å²) in [6.07, 6.45) is 2.73. The highest BCUT2D eigenvalue weighted by Gasteiger charge is 2.13. The molecule has 1 N–H and O–H groups in total. The average Bonchev–Trinajstić information content (AvgIpc) is 2.74. The van der Waals surface area contributed by atoms with Crippen LogP contribution in [0.2, 0.25) is 0 Å². The minimum absolute atomic E-state index is 0.126. The smallest absolute Gasteiger partial charge is 0.262 e. The molecule has 0 aliphatic heterocycles. The maximum atomic E-state index is 12.7. The fraction of sp³-hybridized carbons (Fsp3) is 0.261. The highest BCUT2D eigenvalue weighted by Crippen LogP contribution is 2.21. The van der Waals surface area contributed by atoms with Crippen molar-refractivity contribution in [1.29, 1.82) is 0 Å². The zero-order valence-corrected chi connectivity index (χ0v) is 17.5. The number of benzene rings is 2. The van der Waals surface area contributed by atoms with Crippen molar-refractivity contribution in [2.45, 2.75) is 37.9 Å². The molecule has 2 aromatic carbocycles. The standard InChI is InChI=1S/C23H25N3O2S/c1-4-14-26-22(28)19-8-6-7-9-20(19)25-23(26)29-15-21(27)24-18-12-10-17(11-13-18)16(3)5-2/h4,6-13,16H,1,5,14-15H2,2-3H3,(H,24,27). The SMILES string of the molecule is C=CCn1c(SCC(=O)Nc2ccc(C(C)CC)cc2)nc2ccccc2c1=O. The second kappa shape index (κ2) is 9.56. The van der Waals surface area contributed by atoms with Crippen LogP contribution in [-0.2, 0) is 11.3 Å². The van der Waals surface area contributed by atoms with E-state index in [1.165, 1.54) is 17.3 Å². The van der Waals surface area contributed by atoms with Crippen molar-refractivity contribution in [2.75, 3.05) is 11.1 Å². The molecular formula is C23H25N3O2S. The summed E-state index contributed by atoms with van der Waals surface area (Å²) in [5.41, 5.74) is 2.52. The monoisotopic (exact) mass is 407 g/mol. The number of rotatable bonds is 8. The quantitative estimate of drug-likeness (QED) is 0.330. The first kappa shape index (κ1) is 20.9. The van der Waals surface area contributed by atoms with Gasteiger partial charge in [0, 0.05) is 12.2 Å². The number of allylic oxidation sites excluding steroid dienone is 1. The second-order valence-corrected chi connectivity index (χ2v) is 7.83. The molecule has 150 valence electrons. The molecule has 5 nitrogen and oxygen atoms in total. The molecule has 1 atom stereocenters. The molecule has 29 heavy (non-hydrogen) atoms. The molecule has 1 unspecified atom stereocenters. The van der Waals surface area contributed by atoms with Gasteiger partial charge in [0.15, 0.2) is 5.16 Å². The normalized spacial score (nSPS) is 11.9. The van der Waals surface area contributed by atoms with E-state index in [9.17, 15) is 9.59 Å². The van der Waals surface area contributed by atoms with E-state index in [1.807, 2.05) is 36.4 Å². The first-order valence-corrected chi connectivity index (χ1v) is 10.6. The molecule has 0 saturated heterocycles. The number of thioether (sulfide) groups is 1. The van der Waals surface area contributed by atoms with E-state index in [1.54, 1.807) is 22.8 Å². The number of para-hydroxylation sites is 1. The molecule has 3 rings (SSSR count). The van der Waals surface area contributed by atoms with E-state index in [0.717, 1.165) is 12.1 Å². The van der Waals surface area contributed by atoms with Gasteiger partial charge < -0.3 is 5.32 Å². The number of carbonyl (C=O) groups is 1. The number of anilines is 1. The van der Waals surface area contributed by atoms with Crippen LogP contribution < -0.4 is 10.9 Å². The van der Waals surface area contributed by atoms with Crippen LogP contribution >= 0.6 is 11.8 Å². The lowest BCUT2D eigenvalue weighted by atomic mass is 9.99. The third kappa shape index (κ3) is 4.95. The van der Waals surface area contributed by atoms with E-state index in [0.29, 0.717) is 28.5 Å². The Bertz CT molecular complexity index is 1070. The summed E-state index contributed by atoms with van der Waals surface area (Å²) in [6.45, 7) is 8.40. The maximum Gasteiger partial charge on any atom is 0.262 e. The van der Waals surface area contributed by atoms with Crippen LogP contribution in [0.5, 0.6) is 0 Å². The Morgan fingerprint density at radius 3 is 2.66 bits per heavy atom. The van der Waals surface area contributed by atoms with Gasteiger partial charge in [-0.1, -0.05) is 56.0 Å². The molecule has 0 saturated carbocycles. The minimum atomic E-state index is -0.140. The highest BCUT2D eigenvalue weighted by molar-refractivity contribution is 7.99. The van der Waals surface area contributed by atoms with Crippen LogP contribution in [-0.4, -0.2) is 21.2 Å². The first-order chi connectivity index (χ1) is 14.0. The molecule has 0 fully saturated rings. The lowest BCUT2D eigenvalue weighted by molar-refractivity contribution is -0.113. The molecule has 0 radical (unpaired) electrons. The van der Waals surface area contributed by atoms with Gasteiger partial charge in [0.05, 0.1) is 16.7 Å². The van der Waals surface area contributed by atoms with Crippen LogP contribution in [0.4, 0.5) is 5.69 Å². The third-order valence-electron chi connectivity index (χ3n) is 4.85. The topological polar surface area (TPSA) is 64.0 Å². The molecule has 1 heterocycles. The van der Waals surface area contributed by atoms with Crippen molar-refractivity contribution in [1.82, 2.24) is 9.55 Å². The number of fused-ring (bicyclic) bond motifs is 1. The number of aromatic nitrogens is 2. The largest absolute Gasteiger partial charge is 0.325 e. The Labute approximate surface area is 174 Å². The van der Waals surface area contributed by atoms with E-state index in [-0.39, 0.29) is 17.2 Å². The summed E-state index contributed by atoms with van der Waals surface area (Å²) in [7, 11) is 0. The molecular weight excluding hydrogens is 382 g/mol.